The number of rotatable bonds is 9. The molecule has 10 nitrogen and oxygen atoms in total. The lowest BCUT2D eigenvalue weighted by molar-refractivity contribution is -0.142. The molecule has 7 rings (SSSR count). The lowest BCUT2D eigenvalue weighted by atomic mass is 9.94. The predicted octanol–water partition coefficient (Wildman–Crippen LogP) is 6.84. The average Bonchev–Trinajstić information content (AvgIpc) is 3.70. The van der Waals surface area contributed by atoms with Crippen molar-refractivity contribution in [3.05, 3.63) is 71.5 Å². The number of halogens is 1. The Balaban J connectivity index is 1.17. The van der Waals surface area contributed by atoms with Gasteiger partial charge in [-0.05, 0) is 87.1 Å². The first-order valence-corrected chi connectivity index (χ1v) is 17.0. The molecule has 2 saturated heterocycles. The van der Waals surface area contributed by atoms with E-state index in [1.165, 1.54) is 6.07 Å². The maximum absolute atomic E-state index is 16.0. The van der Waals surface area contributed by atoms with Crippen LogP contribution in [0.3, 0.4) is 0 Å². The van der Waals surface area contributed by atoms with Gasteiger partial charge < -0.3 is 34.4 Å². The molecule has 3 N–H and O–H groups in total. The van der Waals surface area contributed by atoms with Crippen molar-refractivity contribution in [3.8, 4) is 17.1 Å². The molecular formula is C37H41FN4O6. The third-order valence-corrected chi connectivity index (χ3v) is 10.3. The van der Waals surface area contributed by atoms with E-state index in [2.05, 4.69) is 9.47 Å². The van der Waals surface area contributed by atoms with Crippen molar-refractivity contribution in [2.45, 2.75) is 76.7 Å². The van der Waals surface area contributed by atoms with Gasteiger partial charge in [0.2, 0.25) is 0 Å². The maximum atomic E-state index is 16.0. The van der Waals surface area contributed by atoms with E-state index in [9.17, 15) is 24.9 Å². The Morgan fingerprint density at radius 3 is 2.35 bits per heavy atom. The molecule has 0 radical (unpaired) electrons. The number of aromatic carboxylic acids is 1. The van der Waals surface area contributed by atoms with E-state index in [4.69, 9.17) is 9.72 Å². The van der Waals surface area contributed by atoms with Crippen LogP contribution >= 0.6 is 0 Å². The van der Waals surface area contributed by atoms with Crippen LogP contribution in [-0.2, 0) is 11.4 Å². The molecule has 4 aromatic rings. The molecule has 252 valence electrons. The fourth-order valence-corrected chi connectivity index (χ4v) is 7.65. The van der Waals surface area contributed by atoms with Crippen LogP contribution in [0.2, 0.25) is 0 Å². The van der Waals surface area contributed by atoms with Crippen molar-refractivity contribution in [1.29, 1.82) is 0 Å². The normalized spacial score (nSPS) is 19.2. The number of aliphatic hydroxyl groups is 1. The summed E-state index contributed by atoms with van der Waals surface area (Å²) >= 11 is 0. The number of aromatic nitrogens is 2. The number of nitrogens with zero attached hydrogens (tertiary/aromatic N) is 4. The van der Waals surface area contributed by atoms with Crippen molar-refractivity contribution in [1.82, 2.24) is 9.55 Å². The first kappa shape index (κ1) is 31.9. The lowest BCUT2D eigenvalue weighted by Gasteiger charge is -2.34. The van der Waals surface area contributed by atoms with E-state index in [0.717, 1.165) is 67.5 Å². The molecule has 3 aromatic carbocycles. The van der Waals surface area contributed by atoms with Crippen molar-refractivity contribution >= 4 is 34.3 Å². The van der Waals surface area contributed by atoms with Crippen LogP contribution in [0.5, 0.6) is 5.75 Å². The summed E-state index contributed by atoms with van der Waals surface area (Å²) in [5.41, 5.74) is 4.49. The molecule has 1 saturated carbocycles. The van der Waals surface area contributed by atoms with E-state index in [0.29, 0.717) is 55.0 Å². The number of aliphatic hydroxyl groups excluding tert-OH is 1. The van der Waals surface area contributed by atoms with Crippen molar-refractivity contribution in [3.63, 3.8) is 0 Å². The van der Waals surface area contributed by atoms with Crippen LogP contribution in [0, 0.1) is 11.7 Å². The topological polar surface area (TPSA) is 128 Å². The first-order valence-electron chi connectivity index (χ1n) is 17.0. The Hall–Kier alpha value is -4.64. The highest BCUT2D eigenvalue weighted by molar-refractivity contribution is 5.93. The molecule has 3 fully saturated rings. The Kier molecular flexibility index (Phi) is 8.96. The van der Waals surface area contributed by atoms with Crippen LogP contribution in [0.1, 0.15) is 79.8 Å². The van der Waals surface area contributed by atoms with E-state index in [-0.39, 0.29) is 24.1 Å². The number of carboxylic acid groups (broad SMARTS) is 2. The van der Waals surface area contributed by atoms with Crippen LogP contribution < -0.4 is 14.5 Å². The Morgan fingerprint density at radius 1 is 0.875 bits per heavy atom. The highest BCUT2D eigenvalue weighted by Crippen LogP contribution is 2.38. The molecule has 3 heterocycles. The van der Waals surface area contributed by atoms with Gasteiger partial charge in [-0.1, -0.05) is 19.3 Å². The van der Waals surface area contributed by atoms with Crippen LogP contribution in [0.15, 0.2) is 54.6 Å². The molecule has 1 aromatic heterocycles. The Morgan fingerprint density at radius 2 is 1.67 bits per heavy atom. The van der Waals surface area contributed by atoms with Gasteiger partial charge in [0.1, 0.15) is 30.2 Å². The number of aliphatic carboxylic acids is 1. The first-order chi connectivity index (χ1) is 23.3. The van der Waals surface area contributed by atoms with Gasteiger partial charge in [0.25, 0.3) is 0 Å². The fraction of sp³-hybridized carbons (Fsp3) is 0.432. The Labute approximate surface area is 278 Å². The van der Waals surface area contributed by atoms with Gasteiger partial charge in [-0.2, -0.15) is 0 Å². The standard InChI is InChI=1S/C37H41FN4O6/c38-30-21-28(10-11-29(30)35-39-31-20-24(37(46)47)8-12-33(31)42(35)26-5-2-1-3-6-26)48-22-25-19-27(41-16-4-7-34(41)43)9-13-32(25)40-17-14-23(15-18-40)36(44)45/h8-13,19-21,23,26,34,43H,1-7,14-18,22H2,(H,44,45)(H,46,47)/t34-/m0/s1. The summed E-state index contributed by atoms with van der Waals surface area (Å²) in [5, 5.41) is 29.6. The molecule has 2 aliphatic heterocycles. The van der Waals surface area contributed by atoms with Gasteiger partial charge in [0.05, 0.1) is 28.1 Å². The van der Waals surface area contributed by atoms with Crippen LogP contribution in [0.4, 0.5) is 15.8 Å². The monoisotopic (exact) mass is 656 g/mol. The number of anilines is 2. The zero-order chi connectivity index (χ0) is 33.4. The van der Waals surface area contributed by atoms with Gasteiger partial charge in [0, 0.05) is 48.7 Å². The predicted molar refractivity (Wildman–Crippen MR) is 180 cm³/mol. The molecule has 48 heavy (non-hydrogen) atoms. The summed E-state index contributed by atoms with van der Waals surface area (Å²) in [7, 11) is 0. The number of hydrogen-bond donors (Lipinski definition) is 3. The largest absolute Gasteiger partial charge is 0.489 e. The summed E-state index contributed by atoms with van der Waals surface area (Å²) in [6.07, 6.45) is 7.37. The summed E-state index contributed by atoms with van der Waals surface area (Å²) < 4.78 is 24.3. The number of piperidine rings is 1. The smallest absolute Gasteiger partial charge is 0.335 e. The lowest BCUT2D eigenvalue weighted by Crippen LogP contribution is -2.37. The number of fused-ring (bicyclic) bond motifs is 1. The molecule has 1 atom stereocenters. The van der Waals surface area contributed by atoms with Crippen LogP contribution in [0.25, 0.3) is 22.4 Å². The second kappa shape index (κ2) is 13.5. The number of ether oxygens (including phenoxy) is 1. The third-order valence-electron chi connectivity index (χ3n) is 10.3. The quantitative estimate of drug-likeness (QED) is 0.177. The number of carbonyl (C=O) groups is 2. The molecule has 3 aliphatic rings. The molecule has 0 spiro atoms. The minimum Gasteiger partial charge on any atom is -0.489 e. The minimum absolute atomic E-state index is 0.139. The van der Waals surface area contributed by atoms with Gasteiger partial charge in [-0.25, -0.2) is 14.2 Å². The van der Waals surface area contributed by atoms with E-state index in [1.807, 2.05) is 23.1 Å². The zero-order valence-corrected chi connectivity index (χ0v) is 26.9. The fourth-order valence-electron chi connectivity index (χ4n) is 7.65. The summed E-state index contributed by atoms with van der Waals surface area (Å²) in [5.74, 6) is -1.80. The number of carboxylic acids is 2. The Bertz CT molecular complexity index is 1830. The second-order valence-electron chi connectivity index (χ2n) is 13.3. The van der Waals surface area contributed by atoms with Gasteiger partial charge in [-0.3, -0.25) is 4.79 Å². The van der Waals surface area contributed by atoms with Crippen molar-refractivity contribution in [2.75, 3.05) is 29.4 Å². The SMILES string of the molecule is O=C(O)c1ccc2c(c1)nc(-c1ccc(OCc3cc(N4CCC[C@@H]4O)ccc3N3CCC(C(=O)O)CC3)cc1F)n2C1CCCCC1. The highest BCUT2D eigenvalue weighted by Gasteiger charge is 2.28. The van der Waals surface area contributed by atoms with E-state index in [1.54, 1.807) is 30.3 Å². The molecule has 0 unspecified atom stereocenters. The third kappa shape index (κ3) is 6.31. The molecule has 11 heteroatoms. The number of hydrogen-bond acceptors (Lipinski definition) is 7. The van der Waals surface area contributed by atoms with Gasteiger partial charge in [-0.15, -0.1) is 0 Å². The summed E-state index contributed by atoms with van der Waals surface area (Å²) in [4.78, 5) is 32.1. The zero-order valence-electron chi connectivity index (χ0n) is 26.9. The summed E-state index contributed by atoms with van der Waals surface area (Å²) in [6.45, 7) is 2.12. The molecular weight excluding hydrogens is 615 g/mol. The number of benzene rings is 3. The molecule has 0 amide bonds. The second-order valence-corrected chi connectivity index (χ2v) is 13.3. The van der Waals surface area contributed by atoms with E-state index < -0.39 is 24.0 Å². The number of imidazole rings is 1. The molecule has 0 bridgehead atoms. The van der Waals surface area contributed by atoms with Gasteiger partial charge in [0.15, 0.2) is 0 Å². The van der Waals surface area contributed by atoms with Crippen molar-refractivity contribution in [2.24, 2.45) is 5.92 Å². The highest BCUT2D eigenvalue weighted by atomic mass is 19.1. The minimum atomic E-state index is -1.03. The van der Waals surface area contributed by atoms with E-state index >= 15 is 4.39 Å². The average molecular weight is 657 g/mol. The van der Waals surface area contributed by atoms with Crippen LogP contribution in [-0.4, -0.2) is 62.7 Å². The van der Waals surface area contributed by atoms with Crippen molar-refractivity contribution < 1.29 is 34.0 Å². The maximum Gasteiger partial charge on any atom is 0.335 e. The van der Waals surface area contributed by atoms with Gasteiger partial charge >= 0.3 is 11.9 Å². The molecule has 1 aliphatic carbocycles. The summed E-state index contributed by atoms with van der Waals surface area (Å²) in [6, 6.07) is 15.8.